The molecule has 2 rings (SSSR count). The molecule has 1 aliphatic rings. The molecule has 3 nitrogen and oxygen atoms in total. The molecule has 6 heteroatoms. The lowest BCUT2D eigenvalue weighted by molar-refractivity contribution is -0.137. The van der Waals surface area contributed by atoms with E-state index in [2.05, 4.69) is 5.32 Å². The zero-order valence-corrected chi connectivity index (χ0v) is 8.56. The van der Waals surface area contributed by atoms with Crippen LogP contribution in [-0.4, -0.2) is 12.6 Å². The minimum Gasteiger partial charge on any atom is -0.485 e. The van der Waals surface area contributed by atoms with Crippen LogP contribution in [0.4, 0.5) is 24.5 Å². The first-order valence-corrected chi connectivity index (χ1v) is 4.79. The predicted octanol–water partition coefficient (Wildman–Crippen LogP) is 2.48. The lowest BCUT2D eigenvalue weighted by Gasteiger charge is -2.26. The molecular weight excluding hydrogens is 221 g/mol. The number of nitrogens with two attached hydrogens (primary N) is 1. The fourth-order valence-electron chi connectivity index (χ4n) is 1.57. The van der Waals surface area contributed by atoms with Crippen molar-refractivity contribution < 1.29 is 17.9 Å². The Morgan fingerprint density at radius 3 is 2.75 bits per heavy atom. The molecule has 0 radical (unpaired) electrons. The molecule has 0 spiro atoms. The molecule has 16 heavy (non-hydrogen) atoms. The molecule has 1 aliphatic heterocycles. The lowest BCUT2D eigenvalue weighted by Crippen LogP contribution is -2.28. The van der Waals surface area contributed by atoms with Crippen molar-refractivity contribution in [2.45, 2.75) is 19.2 Å². The Balaban J connectivity index is 2.47. The maximum absolute atomic E-state index is 12.5. The second-order valence-electron chi connectivity index (χ2n) is 3.75. The number of alkyl halides is 3. The molecule has 1 aromatic rings. The van der Waals surface area contributed by atoms with Crippen LogP contribution in [0.15, 0.2) is 12.1 Å². The van der Waals surface area contributed by atoms with Gasteiger partial charge in [0, 0.05) is 0 Å². The normalized spacial score (nSPS) is 19.6. The van der Waals surface area contributed by atoms with Crippen molar-refractivity contribution in [2.24, 2.45) is 0 Å². The lowest BCUT2D eigenvalue weighted by atomic mass is 10.1. The highest BCUT2D eigenvalue weighted by atomic mass is 19.4. The van der Waals surface area contributed by atoms with Gasteiger partial charge in [-0.15, -0.1) is 0 Å². The zero-order chi connectivity index (χ0) is 11.9. The molecule has 0 amide bonds. The summed E-state index contributed by atoms with van der Waals surface area (Å²) in [6, 6.07) is 1.90. The number of rotatable bonds is 0. The molecule has 1 atom stereocenters. The van der Waals surface area contributed by atoms with Gasteiger partial charge in [-0.25, -0.2) is 0 Å². The number of benzene rings is 1. The summed E-state index contributed by atoms with van der Waals surface area (Å²) >= 11 is 0. The number of hydrogen-bond acceptors (Lipinski definition) is 3. The summed E-state index contributed by atoms with van der Waals surface area (Å²) in [4.78, 5) is 0. The topological polar surface area (TPSA) is 47.3 Å². The Hall–Kier alpha value is -1.59. The van der Waals surface area contributed by atoms with Gasteiger partial charge in [-0.05, 0) is 19.1 Å². The molecule has 1 aromatic carbocycles. The van der Waals surface area contributed by atoms with Crippen molar-refractivity contribution in [1.29, 1.82) is 0 Å². The number of ether oxygens (including phenoxy) is 1. The molecule has 3 N–H and O–H groups in total. The summed E-state index contributed by atoms with van der Waals surface area (Å²) in [6.07, 6.45) is -4.50. The van der Waals surface area contributed by atoms with E-state index >= 15 is 0 Å². The zero-order valence-electron chi connectivity index (χ0n) is 8.56. The van der Waals surface area contributed by atoms with Gasteiger partial charge in [-0.1, -0.05) is 0 Å². The van der Waals surface area contributed by atoms with Gasteiger partial charge in [0.05, 0.1) is 23.5 Å². The number of hydrogen-bond donors (Lipinski definition) is 2. The summed E-state index contributed by atoms with van der Waals surface area (Å²) in [5.74, 6) is 0.298. The Bertz CT molecular complexity index is 417. The Kier molecular flexibility index (Phi) is 2.36. The second-order valence-corrected chi connectivity index (χ2v) is 3.75. The van der Waals surface area contributed by atoms with E-state index in [9.17, 15) is 13.2 Å². The first-order valence-electron chi connectivity index (χ1n) is 4.79. The standard InChI is InChI=1S/C10H11F3N2O/c1-5-4-15-8-3-6(10(11,12)13)2-7(14)9(8)16-5/h2-3,5,15H,4,14H2,1H3. The van der Waals surface area contributed by atoms with Crippen molar-refractivity contribution in [1.82, 2.24) is 0 Å². The summed E-state index contributed by atoms with van der Waals surface area (Å²) in [6.45, 7) is 2.28. The van der Waals surface area contributed by atoms with Crippen LogP contribution in [-0.2, 0) is 6.18 Å². The molecular formula is C10H11F3N2O. The third kappa shape index (κ3) is 1.87. The van der Waals surface area contributed by atoms with Gasteiger partial charge in [0.1, 0.15) is 6.10 Å². The molecule has 0 saturated heterocycles. The molecule has 0 fully saturated rings. The van der Waals surface area contributed by atoms with Crippen molar-refractivity contribution >= 4 is 11.4 Å². The summed E-state index contributed by atoms with van der Waals surface area (Å²) < 4.78 is 42.8. The highest BCUT2D eigenvalue weighted by molar-refractivity contribution is 5.72. The van der Waals surface area contributed by atoms with Crippen molar-refractivity contribution in [3.8, 4) is 5.75 Å². The molecule has 0 saturated carbocycles. The van der Waals surface area contributed by atoms with E-state index in [1.165, 1.54) is 0 Å². The van der Waals surface area contributed by atoms with Gasteiger partial charge in [0.15, 0.2) is 5.75 Å². The van der Waals surface area contributed by atoms with Crippen LogP contribution in [0.2, 0.25) is 0 Å². The van der Waals surface area contributed by atoms with Crippen molar-refractivity contribution in [3.05, 3.63) is 17.7 Å². The fraction of sp³-hybridized carbons (Fsp3) is 0.400. The van der Waals surface area contributed by atoms with E-state index in [-0.39, 0.29) is 11.8 Å². The van der Waals surface area contributed by atoms with Crippen molar-refractivity contribution in [2.75, 3.05) is 17.6 Å². The Labute approximate surface area is 90.4 Å². The predicted molar refractivity (Wildman–Crippen MR) is 54.4 cm³/mol. The SMILES string of the molecule is CC1CNc2cc(C(F)(F)F)cc(N)c2O1. The number of fused-ring (bicyclic) bond motifs is 1. The molecule has 1 unspecified atom stereocenters. The van der Waals surface area contributed by atoms with E-state index in [4.69, 9.17) is 10.5 Å². The van der Waals surface area contributed by atoms with Crippen LogP contribution in [0.3, 0.4) is 0 Å². The number of nitrogen functional groups attached to an aromatic ring is 1. The minimum absolute atomic E-state index is 0.00359. The Morgan fingerprint density at radius 2 is 2.12 bits per heavy atom. The Morgan fingerprint density at radius 1 is 1.44 bits per heavy atom. The molecule has 0 aliphatic carbocycles. The molecule has 88 valence electrons. The van der Waals surface area contributed by atoms with E-state index in [0.29, 0.717) is 18.0 Å². The average molecular weight is 232 g/mol. The van der Waals surface area contributed by atoms with E-state index in [0.717, 1.165) is 12.1 Å². The van der Waals surface area contributed by atoms with Crippen molar-refractivity contribution in [3.63, 3.8) is 0 Å². The van der Waals surface area contributed by atoms with Gasteiger partial charge < -0.3 is 15.8 Å². The first-order chi connectivity index (χ1) is 7.38. The van der Waals surface area contributed by atoms with E-state index in [1.807, 2.05) is 6.92 Å². The van der Waals surface area contributed by atoms with Crippen LogP contribution in [0.25, 0.3) is 0 Å². The second kappa shape index (κ2) is 3.47. The summed E-state index contributed by atoms with van der Waals surface area (Å²) in [5.41, 5.74) is 5.07. The quantitative estimate of drug-likeness (QED) is 0.675. The monoisotopic (exact) mass is 232 g/mol. The highest BCUT2D eigenvalue weighted by Gasteiger charge is 2.33. The van der Waals surface area contributed by atoms with Crippen LogP contribution >= 0.6 is 0 Å². The molecule has 0 bridgehead atoms. The highest BCUT2D eigenvalue weighted by Crippen LogP contribution is 2.40. The van der Waals surface area contributed by atoms with E-state index < -0.39 is 11.7 Å². The smallest absolute Gasteiger partial charge is 0.416 e. The summed E-state index contributed by atoms with van der Waals surface area (Å²) in [7, 11) is 0. The van der Waals surface area contributed by atoms with Gasteiger partial charge >= 0.3 is 6.18 Å². The molecule has 1 heterocycles. The van der Waals surface area contributed by atoms with Gasteiger partial charge in [0.25, 0.3) is 0 Å². The molecule has 0 aromatic heterocycles. The number of anilines is 2. The summed E-state index contributed by atoms with van der Waals surface area (Å²) in [5, 5.41) is 2.86. The van der Waals surface area contributed by atoms with Crippen LogP contribution < -0.4 is 15.8 Å². The first kappa shape index (κ1) is 10.9. The third-order valence-electron chi connectivity index (χ3n) is 2.34. The fourth-order valence-corrected chi connectivity index (χ4v) is 1.57. The number of halogens is 3. The van der Waals surface area contributed by atoms with Gasteiger partial charge in [0.2, 0.25) is 0 Å². The largest absolute Gasteiger partial charge is 0.485 e. The number of nitrogens with one attached hydrogen (secondary N) is 1. The van der Waals surface area contributed by atoms with E-state index in [1.54, 1.807) is 0 Å². The van der Waals surface area contributed by atoms with Crippen LogP contribution in [0, 0.1) is 0 Å². The third-order valence-corrected chi connectivity index (χ3v) is 2.34. The maximum atomic E-state index is 12.5. The van der Waals surface area contributed by atoms with Crippen LogP contribution in [0.5, 0.6) is 5.75 Å². The minimum atomic E-state index is -4.39. The average Bonchev–Trinajstić information content (AvgIpc) is 2.17. The van der Waals surface area contributed by atoms with Gasteiger partial charge in [-0.3, -0.25) is 0 Å². The van der Waals surface area contributed by atoms with Gasteiger partial charge in [-0.2, -0.15) is 13.2 Å². The maximum Gasteiger partial charge on any atom is 0.416 e. The van der Waals surface area contributed by atoms with Crippen LogP contribution in [0.1, 0.15) is 12.5 Å².